The second kappa shape index (κ2) is 8.85. The predicted molar refractivity (Wildman–Crippen MR) is 92.5 cm³/mol. The summed E-state index contributed by atoms with van der Waals surface area (Å²) in [7, 11) is 0. The molecular formula is C16H18BrClF2NO5-. The molecule has 2 atom stereocenters. The van der Waals surface area contributed by atoms with Crippen molar-refractivity contribution < 1.29 is 33.0 Å². The fourth-order valence-electron chi connectivity index (χ4n) is 1.77. The van der Waals surface area contributed by atoms with Crippen molar-refractivity contribution in [2.45, 2.75) is 49.2 Å². The molecule has 0 saturated heterocycles. The van der Waals surface area contributed by atoms with Gasteiger partial charge < -0.3 is 24.7 Å². The van der Waals surface area contributed by atoms with Crippen molar-refractivity contribution in [3.05, 3.63) is 29.8 Å². The van der Waals surface area contributed by atoms with Gasteiger partial charge in [0.25, 0.3) is 0 Å². The number of carbonyl (C=O) groups excluding carboxylic acids is 2. The molecular weight excluding hydrogens is 440 g/mol. The minimum atomic E-state index is -3.63. The number of nitrogens with one attached hydrogen (secondary N) is 1. The van der Waals surface area contributed by atoms with Gasteiger partial charge in [-0.2, -0.15) is 8.78 Å². The Balaban J connectivity index is 2.75. The zero-order chi connectivity index (χ0) is 20.1. The summed E-state index contributed by atoms with van der Waals surface area (Å²) < 4.78 is 34.5. The Morgan fingerprint density at radius 2 is 1.81 bits per heavy atom. The second-order valence-corrected chi connectivity index (χ2v) is 8.21. The zero-order valence-electron chi connectivity index (χ0n) is 14.2. The lowest BCUT2D eigenvalue weighted by Crippen LogP contribution is -2.50. The molecule has 0 spiro atoms. The minimum Gasteiger partial charge on any atom is -0.548 e. The van der Waals surface area contributed by atoms with Gasteiger partial charge in [-0.3, -0.25) is 0 Å². The average Bonchev–Trinajstić information content (AvgIpc) is 2.46. The first-order valence-corrected chi connectivity index (χ1v) is 8.79. The van der Waals surface area contributed by atoms with E-state index in [1.807, 2.05) is 0 Å². The number of hydrogen-bond acceptors (Lipinski definition) is 5. The van der Waals surface area contributed by atoms with Crippen LogP contribution in [0.2, 0.25) is 0 Å². The molecule has 0 aliphatic carbocycles. The van der Waals surface area contributed by atoms with Gasteiger partial charge in [0.2, 0.25) is 0 Å². The lowest BCUT2D eigenvalue weighted by Gasteiger charge is -2.24. The van der Waals surface area contributed by atoms with E-state index in [4.69, 9.17) is 16.3 Å². The summed E-state index contributed by atoms with van der Waals surface area (Å²) in [5, 5.41) is 13.4. The smallest absolute Gasteiger partial charge is 0.424 e. The highest BCUT2D eigenvalue weighted by Gasteiger charge is 2.39. The van der Waals surface area contributed by atoms with Crippen LogP contribution in [0.4, 0.5) is 13.6 Å². The summed E-state index contributed by atoms with van der Waals surface area (Å²) in [6.07, 6.45) is -4.67. The summed E-state index contributed by atoms with van der Waals surface area (Å²) in [6, 6.07) is 3.88. The first-order valence-electron chi connectivity index (χ1n) is 7.44. The molecule has 0 aliphatic rings. The van der Waals surface area contributed by atoms with Gasteiger partial charge in [-0.1, -0.05) is 39.7 Å². The maximum atomic E-state index is 13.4. The number of halogens is 4. The summed E-state index contributed by atoms with van der Waals surface area (Å²) in [5.41, 5.74) is -0.340. The molecule has 1 rings (SSSR count). The topological polar surface area (TPSA) is 87.7 Å². The second-order valence-electron chi connectivity index (χ2n) is 6.33. The highest BCUT2D eigenvalue weighted by Crippen LogP contribution is 2.31. The van der Waals surface area contributed by atoms with Gasteiger partial charge in [0, 0.05) is 0 Å². The SMILES string of the molecule is CC(C)(C)OC(=O)N[C@H](Cc1ccc(OC(F)(F)[C@@H](Cl)Br)cc1)C(=O)[O-]. The van der Waals surface area contributed by atoms with E-state index in [1.54, 1.807) is 20.8 Å². The summed E-state index contributed by atoms with van der Waals surface area (Å²) in [6.45, 7) is 4.90. The third-order valence-electron chi connectivity index (χ3n) is 2.85. The molecule has 26 heavy (non-hydrogen) atoms. The summed E-state index contributed by atoms with van der Waals surface area (Å²) >= 11 is 7.79. The first-order chi connectivity index (χ1) is 11.8. The maximum absolute atomic E-state index is 13.4. The lowest BCUT2D eigenvalue weighted by molar-refractivity contribution is -0.308. The number of alkyl halides is 4. The van der Waals surface area contributed by atoms with E-state index in [1.165, 1.54) is 24.3 Å². The van der Waals surface area contributed by atoms with E-state index in [-0.39, 0.29) is 12.2 Å². The monoisotopic (exact) mass is 456 g/mol. The van der Waals surface area contributed by atoms with Gasteiger partial charge in [-0.25, -0.2) is 4.79 Å². The van der Waals surface area contributed by atoms with E-state index in [0.29, 0.717) is 5.56 Å². The summed E-state index contributed by atoms with van der Waals surface area (Å²) in [4.78, 5) is 22.9. The van der Waals surface area contributed by atoms with Crippen molar-refractivity contribution in [3.63, 3.8) is 0 Å². The van der Waals surface area contributed by atoms with E-state index in [0.717, 1.165) is 0 Å². The third kappa shape index (κ3) is 7.74. The van der Waals surface area contributed by atoms with Crippen LogP contribution < -0.4 is 15.2 Å². The molecule has 146 valence electrons. The van der Waals surface area contributed by atoms with E-state index >= 15 is 0 Å². The number of carboxylic acid groups (broad SMARTS) is 1. The fourth-order valence-corrected chi connectivity index (χ4v) is 1.91. The lowest BCUT2D eigenvalue weighted by atomic mass is 10.1. The first kappa shape index (κ1) is 22.4. The molecule has 0 aliphatic heterocycles. The largest absolute Gasteiger partial charge is 0.548 e. The molecule has 0 saturated carbocycles. The molecule has 1 amide bonds. The van der Waals surface area contributed by atoms with Crippen LogP contribution in [-0.2, 0) is 16.0 Å². The molecule has 0 unspecified atom stereocenters. The van der Waals surface area contributed by atoms with Crippen molar-refractivity contribution in [3.8, 4) is 5.75 Å². The van der Waals surface area contributed by atoms with E-state index in [2.05, 4.69) is 26.0 Å². The van der Waals surface area contributed by atoms with Crippen LogP contribution in [0.3, 0.4) is 0 Å². The van der Waals surface area contributed by atoms with Crippen LogP contribution in [-0.4, -0.2) is 34.1 Å². The highest BCUT2D eigenvalue weighted by molar-refractivity contribution is 9.10. The molecule has 0 heterocycles. The van der Waals surface area contributed by atoms with Crippen molar-refractivity contribution in [2.75, 3.05) is 0 Å². The molecule has 10 heteroatoms. The van der Waals surface area contributed by atoms with Crippen molar-refractivity contribution in [1.82, 2.24) is 5.32 Å². The minimum absolute atomic E-state index is 0.130. The molecule has 0 aromatic heterocycles. The predicted octanol–water partition coefficient (Wildman–Crippen LogP) is 2.80. The van der Waals surface area contributed by atoms with Crippen LogP contribution in [0, 0.1) is 0 Å². The zero-order valence-corrected chi connectivity index (χ0v) is 16.6. The van der Waals surface area contributed by atoms with Gasteiger partial charge in [0.05, 0.1) is 12.0 Å². The number of rotatable bonds is 7. The Labute approximate surface area is 162 Å². The van der Waals surface area contributed by atoms with Crippen LogP contribution in [0.25, 0.3) is 0 Å². The summed E-state index contributed by atoms with van der Waals surface area (Å²) in [5.74, 6) is -1.67. The highest BCUT2D eigenvalue weighted by atomic mass is 79.9. The Morgan fingerprint density at radius 3 is 2.23 bits per heavy atom. The van der Waals surface area contributed by atoms with Gasteiger partial charge in [0.1, 0.15) is 11.4 Å². The number of aliphatic carboxylic acids is 1. The Bertz CT molecular complexity index is 635. The molecule has 1 aromatic rings. The van der Waals surface area contributed by atoms with Crippen molar-refractivity contribution in [1.29, 1.82) is 0 Å². The van der Waals surface area contributed by atoms with Crippen LogP contribution in [0.1, 0.15) is 26.3 Å². The number of hydrogen-bond donors (Lipinski definition) is 1. The molecule has 0 bridgehead atoms. The number of carboxylic acids is 1. The maximum Gasteiger partial charge on any atom is 0.424 e. The normalized spacial score (nSPS) is 14.3. The van der Waals surface area contributed by atoms with Gasteiger partial charge >= 0.3 is 12.2 Å². The quantitative estimate of drug-likeness (QED) is 0.636. The number of alkyl carbamates (subject to hydrolysis) is 1. The van der Waals surface area contributed by atoms with Crippen molar-refractivity contribution >= 4 is 39.6 Å². The molecule has 0 radical (unpaired) electrons. The molecule has 1 aromatic carbocycles. The van der Waals surface area contributed by atoms with Crippen LogP contribution in [0.15, 0.2) is 24.3 Å². The van der Waals surface area contributed by atoms with Crippen molar-refractivity contribution in [2.24, 2.45) is 0 Å². The number of carbonyl (C=O) groups is 2. The molecule has 6 nitrogen and oxygen atoms in total. The Hall–Kier alpha value is -1.61. The molecule has 1 N–H and O–H groups in total. The Morgan fingerprint density at radius 1 is 1.27 bits per heavy atom. The Kier molecular flexibility index (Phi) is 7.64. The third-order valence-corrected chi connectivity index (χ3v) is 3.63. The van der Waals surface area contributed by atoms with Gasteiger partial charge in [0.15, 0.2) is 4.29 Å². The number of amides is 1. The number of ether oxygens (including phenoxy) is 2. The van der Waals surface area contributed by atoms with Gasteiger partial charge in [-0.15, -0.1) is 0 Å². The standard InChI is InChI=1S/C16H19BrClF2NO5/c1-15(2,3)26-14(24)21-11(12(22)23)8-9-4-6-10(7-5-9)25-16(19,20)13(17)18/h4-7,11,13H,8H2,1-3H3,(H,21,24)(H,22,23)/p-1/t11-,13-/m1/s1. The fraction of sp³-hybridized carbons (Fsp3) is 0.500. The van der Waals surface area contributed by atoms with E-state index < -0.39 is 34.1 Å². The van der Waals surface area contributed by atoms with Crippen LogP contribution in [0.5, 0.6) is 5.75 Å². The number of benzene rings is 1. The van der Waals surface area contributed by atoms with Gasteiger partial charge in [-0.05, 0) is 44.9 Å². The average molecular weight is 458 g/mol. The van der Waals surface area contributed by atoms with E-state index in [9.17, 15) is 23.5 Å². The molecule has 0 fully saturated rings. The van der Waals surface area contributed by atoms with Crippen LogP contribution >= 0.6 is 27.5 Å².